The fourth-order valence-corrected chi connectivity index (χ4v) is 10.7. The Bertz CT molecular complexity index is 2420. The van der Waals surface area contributed by atoms with Gasteiger partial charge in [-0.2, -0.15) is 19.2 Å². The fraction of sp³-hybridized carbons (Fsp3) is 0.245. The molecule has 0 aromatic heterocycles. The standard InChI is InChI=1S/C53H60O20Si4/c1-33(2)25-74-41-17-9-37(10-18-41)45(54)66-70-49(58)62-29-53(30-63-50(59)71-67-46(55)38-11-19-42(20-12-38)75-26-34(3)4,31-64-51(60)72-68-47(56)39-13-21-43(22-14-39)76-27-35(5)6)32-65-52(61)73-69-48(57)40-15-23-44(24-16-40)77-28-36(7)8/h9-28H,29-32,74-77H2,1-8H3. The molecule has 0 N–H and O–H groups in total. The highest BCUT2D eigenvalue weighted by molar-refractivity contribution is 6.59. The lowest BCUT2D eigenvalue weighted by Gasteiger charge is -2.30. The number of rotatable bonds is 20. The number of allylic oxidation sites excluding steroid dienone is 4. The number of hydrogen-bond acceptors (Lipinski definition) is 20. The van der Waals surface area contributed by atoms with Crippen molar-refractivity contribution in [3.8, 4) is 0 Å². The maximum Gasteiger partial charge on any atom is 0.549 e. The Morgan fingerprint density at radius 1 is 0.312 bits per heavy atom. The van der Waals surface area contributed by atoms with Gasteiger partial charge < -0.3 is 18.9 Å². The molecule has 0 radical (unpaired) electrons. The number of ether oxygens (including phenoxy) is 4. The molecule has 0 aliphatic heterocycles. The highest BCUT2D eigenvalue weighted by Crippen LogP contribution is 2.23. The van der Waals surface area contributed by atoms with Crippen molar-refractivity contribution in [3.63, 3.8) is 0 Å². The van der Waals surface area contributed by atoms with E-state index >= 15 is 0 Å². The van der Waals surface area contributed by atoms with Gasteiger partial charge in [-0.05, 0) is 104 Å². The number of benzene rings is 4. The Labute approximate surface area is 453 Å². The third-order valence-corrected chi connectivity index (χ3v) is 18.3. The van der Waals surface area contributed by atoms with E-state index in [0.29, 0.717) is 0 Å². The minimum Gasteiger partial charge on any atom is -0.431 e. The van der Waals surface area contributed by atoms with Crippen molar-refractivity contribution < 1.29 is 96.4 Å². The SMILES string of the molecule is CC(C)=C[SiH2]c1ccc(C(=O)OOC(=O)OCC(COC(=O)OOC(=O)c2ccc([SiH2]C=C(C)C)cc2)(COC(=O)OOC(=O)c2ccc([SiH2]C=C(C)C)cc2)COC(=O)OOC(=O)c2ccc([SiH2]C=C(C)C)cc2)cc1. The molecule has 0 atom stereocenters. The zero-order valence-electron chi connectivity index (χ0n) is 43.9. The van der Waals surface area contributed by atoms with Crippen LogP contribution in [0.3, 0.4) is 0 Å². The van der Waals surface area contributed by atoms with Crippen molar-refractivity contribution in [2.45, 2.75) is 55.4 Å². The van der Waals surface area contributed by atoms with E-state index in [1.54, 1.807) is 48.5 Å². The largest absolute Gasteiger partial charge is 0.549 e. The van der Waals surface area contributed by atoms with E-state index in [1.807, 2.05) is 55.4 Å². The van der Waals surface area contributed by atoms with Crippen LogP contribution in [0.4, 0.5) is 19.2 Å². The summed E-state index contributed by atoms with van der Waals surface area (Å²) in [5, 5.41) is 4.07. The van der Waals surface area contributed by atoms with Crippen molar-refractivity contribution in [2.24, 2.45) is 5.41 Å². The van der Waals surface area contributed by atoms with Crippen LogP contribution < -0.4 is 20.7 Å². The van der Waals surface area contributed by atoms with Crippen LogP contribution in [0.15, 0.2) is 142 Å². The second-order valence-corrected chi connectivity index (χ2v) is 24.7. The van der Waals surface area contributed by atoms with Gasteiger partial charge in [0.25, 0.3) is 0 Å². The third kappa shape index (κ3) is 23.4. The fourth-order valence-electron chi connectivity index (χ4n) is 6.07. The summed E-state index contributed by atoms with van der Waals surface area (Å²) in [7, 11) is -2.99. The van der Waals surface area contributed by atoms with Gasteiger partial charge in [0.1, 0.15) is 31.8 Å². The predicted octanol–water partition coefficient (Wildman–Crippen LogP) is 4.54. The zero-order valence-corrected chi connectivity index (χ0v) is 49.5. The van der Waals surface area contributed by atoms with Crippen LogP contribution in [0, 0.1) is 5.41 Å². The smallest absolute Gasteiger partial charge is 0.431 e. The van der Waals surface area contributed by atoms with Crippen molar-refractivity contribution in [3.05, 3.63) is 164 Å². The molecule has 4 aromatic rings. The quantitative estimate of drug-likeness (QED) is 0.0387. The van der Waals surface area contributed by atoms with Gasteiger partial charge in [0, 0.05) is 0 Å². The lowest BCUT2D eigenvalue weighted by atomic mass is 9.92. The Morgan fingerprint density at radius 2 is 0.494 bits per heavy atom. The van der Waals surface area contributed by atoms with Crippen LogP contribution in [0.1, 0.15) is 96.8 Å². The highest BCUT2D eigenvalue weighted by Gasteiger charge is 2.40. The number of hydrogen-bond donors (Lipinski definition) is 0. The maximum absolute atomic E-state index is 12.9. The van der Waals surface area contributed by atoms with Gasteiger partial charge in [0.2, 0.25) is 0 Å². The normalized spacial score (nSPS) is 11.6. The van der Waals surface area contributed by atoms with E-state index in [2.05, 4.69) is 61.9 Å². The molecular formula is C53H60O20Si4. The molecule has 0 aliphatic carbocycles. The first-order valence-electron chi connectivity index (χ1n) is 23.8. The predicted molar refractivity (Wildman–Crippen MR) is 290 cm³/mol. The Kier molecular flexibility index (Phi) is 25.1. The van der Waals surface area contributed by atoms with Crippen LogP contribution in [-0.2, 0) is 58.0 Å². The summed E-state index contributed by atoms with van der Waals surface area (Å²) in [6.45, 7) is 11.4. The van der Waals surface area contributed by atoms with E-state index in [0.717, 1.165) is 43.0 Å². The first-order valence-corrected chi connectivity index (χ1v) is 29.9. The lowest BCUT2D eigenvalue weighted by Crippen LogP contribution is -2.44. The molecule has 4 rings (SSSR count). The van der Waals surface area contributed by atoms with Crippen LogP contribution in [0.2, 0.25) is 0 Å². The minimum absolute atomic E-state index is 0.0179. The summed E-state index contributed by atoms with van der Waals surface area (Å²) in [5.41, 5.74) is 10.9. The number of carbonyl (C=O) groups excluding carboxylic acids is 8. The molecule has 24 heteroatoms. The molecule has 20 nitrogen and oxygen atoms in total. The molecule has 0 spiro atoms. The second kappa shape index (κ2) is 31.5. The summed E-state index contributed by atoms with van der Waals surface area (Å²) >= 11 is 0. The summed E-state index contributed by atoms with van der Waals surface area (Å²) < 4.78 is 20.6. The van der Waals surface area contributed by atoms with Crippen LogP contribution >= 0.6 is 0 Å². The van der Waals surface area contributed by atoms with Crippen molar-refractivity contribution in [1.82, 2.24) is 0 Å². The van der Waals surface area contributed by atoms with Gasteiger partial charge in [-0.25, -0.2) is 58.3 Å². The molecule has 0 unspecified atom stereocenters. The van der Waals surface area contributed by atoms with Crippen molar-refractivity contribution in [2.75, 3.05) is 26.4 Å². The molecule has 408 valence electrons. The van der Waals surface area contributed by atoms with Gasteiger partial charge in [0.15, 0.2) is 0 Å². The maximum atomic E-state index is 12.9. The molecule has 0 bridgehead atoms. The van der Waals surface area contributed by atoms with Crippen molar-refractivity contribution >= 4 is 107 Å². The average Bonchev–Trinajstić information content (AvgIpc) is 3.42. The van der Waals surface area contributed by atoms with E-state index < -0.39 is 118 Å². The van der Waals surface area contributed by atoms with E-state index in [1.165, 1.54) is 48.5 Å². The van der Waals surface area contributed by atoms with Crippen LogP contribution in [0.5, 0.6) is 0 Å². The highest BCUT2D eigenvalue weighted by atomic mass is 28.2. The zero-order chi connectivity index (χ0) is 56.3. The average molecular weight is 1130 g/mol. The van der Waals surface area contributed by atoms with E-state index in [-0.39, 0.29) is 22.3 Å². The molecule has 0 amide bonds. The molecule has 0 aliphatic rings. The molecule has 77 heavy (non-hydrogen) atoms. The number of carbonyl (C=O) groups is 8. The van der Waals surface area contributed by atoms with Crippen molar-refractivity contribution in [1.29, 1.82) is 0 Å². The van der Waals surface area contributed by atoms with Gasteiger partial charge in [-0.15, -0.1) is 0 Å². The topological polar surface area (TPSA) is 247 Å². The molecule has 0 heterocycles. The van der Waals surface area contributed by atoms with Gasteiger partial charge >= 0.3 is 48.5 Å². The molecular weight excluding hydrogens is 1070 g/mol. The molecule has 0 saturated carbocycles. The Balaban J connectivity index is 1.52. The molecule has 0 fully saturated rings. The van der Waals surface area contributed by atoms with Gasteiger partial charge in [-0.3, -0.25) is 0 Å². The van der Waals surface area contributed by atoms with Crippen LogP contribution in [-0.4, -0.2) is 113 Å². The van der Waals surface area contributed by atoms with Gasteiger partial charge in [-0.1, -0.05) is 114 Å². The third-order valence-electron chi connectivity index (χ3n) is 10.5. The summed E-state index contributed by atoms with van der Waals surface area (Å²) in [6.07, 6.45) is -6.73. The van der Waals surface area contributed by atoms with E-state index in [9.17, 15) is 38.4 Å². The first kappa shape index (κ1) is 61.2. The Hall–Kier alpha value is -8.33. The summed E-state index contributed by atoms with van der Waals surface area (Å²) in [4.78, 5) is 140. The summed E-state index contributed by atoms with van der Waals surface area (Å²) in [6, 6.07) is 25.5. The molecule has 0 saturated heterocycles. The second-order valence-electron chi connectivity index (χ2n) is 18.2. The lowest BCUT2D eigenvalue weighted by molar-refractivity contribution is -0.223. The minimum atomic E-state index is -2.25. The Morgan fingerprint density at radius 3 is 0.662 bits per heavy atom. The molecule has 4 aromatic carbocycles. The van der Waals surface area contributed by atoms with Gasteiger partial charge in [0.05, 0.1) is 60.3 Å². The van der Waals surface area contributed by atoms with Crippen LogP contribution in [0.25, 0.3) is 0 Å². The summed E-state index contributed by atoms with van der Waals surface area (Å²) in [5.74, 6) is -4.35. The monoisotopic (exact) mass is 1130 g/mol. The van der Waals surface area contributed by atoms with E-state index in [4.69, 9.17) is 18.9 Å². The first-order chi connectivity index (χ1) is 36.7.